The number of likely N-dealkylation sites (tertiary alicyclic amines) is 1. The summed E-state index contributed by atoms with van der Waals surface area (Å²) in [5, 5.41) is 4.28. The molecule has 9 heteroatoms. The maximum atomic E-state index is 12.0. The van der Waals surface area contributed by atoms with E-state index in [0.29, 0.717) is 18.7 Å². The molecule has 1 aromatic rings. The van der Waals surface area contributed by atoms with Crippen LogP contribution in [0.5, 0.6) is 0 Å². The molecule has 0 bridgehead atoms. The summed E-state index contributed by atoms with van der Waals surface area (Å²) in [4.78, 5) is 13.8. The molecule has 0 N–H and O–H groups in total. The Hall–Kier alpha value is -1.61. The number of carbonyl (C=O) groups is 1. The summed E-state index contributed by atoms with van der Waals surface area (Å²) in [5.74, 6) is 0. The predicted octanol–water partition coefficient (Wildman–Crippen LogP) is 1.93. The van der Waals surface area contributed by atoms with Crippen molar-refractivity contribution in [1.82, 2.24) is 14.7 Å². The van der Waals surface area contributed by atoms with Gasteiger partial charge in [-0.1, -0.05) is 0 Å². The first-order valence-corrected chi connectivity index (χ1v) is 9.70. The van der Waals surface area contributed by atoms with Gasteiger partial charge in [-0.3, -0.25) is 8.86 Å². The molecular weight excluding hydrogens is 334 g/mol. The van der Waals surface area contributed by atoms with Crippen molar-refractivity contribution in [3.8, 4) is 0 Å². The molecule has 0 aliphatic carbocycles. The van der Waals surface area contributed by atoms with Gasteiger partial charge in [0.2, 0.25) is 0 Å². The molecule has 0 radical (unpaired) electrons. The SMILES string of the molecule is CC(C)(C)OC(=O)N1CCC(n2cc(COS(C)(=O)=O)cn2)CC1. The molecule has 1 aromatic heterocycles. The van der Waals surface area contributed by atoms with Gasteiger partial charge in [-0.05, 0) is 33.6 Å². The summed E-state index contributed by atoms with van der Waals surface area (Å²) in [7, 11) is -3.46. The maximum absolute atomic E-state index is 12.0. The Balaban J connectivity index is 1.86. The fourth-order valence-corrected chi connectivity index (χ4v) is 2.82. The highest BCUT2D eigenvalue weighted by Crippen LogP contribution is 2.23. The molecule has 0 atom stereocenters. The third-order valence-electron chi connectivity index (χ3n) is 3.58. The van der Waals surface area contributed by atoms with Crippen molar-refractivity contribution in [3.63, 3.8) is 0 Å². The zero-order chi connectivity index (χ0) is 18.0. The zero-order valence-electron chi connectivity index (χ0n) is 14.6. The Kier molecular flexibility index (Phi) is 5.54. The second-order valence-electron chi connectivity index (χ2n) is 6.99. The van der Waals surface area contributed by atoms with Crippen LogP contribution in [0.25, 0.3) is 0 Å². The van der Waals surface area contributed by atoms with Gasteiger partial charge in [-0.15, -0.1) is 0 Å². The Morgan fingerprint density at radius 1 is 1.33 bits per heavy atom. The smallest absolute Gasteiger partial charge is 0.410 e. The second-order valence-corrected chi connectivity index (χ2v) is 8.64. The number of hydrogen-bond donors (Lipinski definition) is 0. The van der Waals surface area contributed by atoms with Crippen molar-refractivity contribution in [1.29, 1.82) is 0 Å². The van der Waals surface area contributed by atoms with E-state index in [4.69, 9.17) is 8.92 Å². The Labute approximate surface area is 142 Å². The monoisotopic (exact) mass is 359 g/mol. The molecule has 2 heterocycles. The van der Waals surface area contributed by atoms with Crippen molar-refractivity contribution in [3.05, 3.63) is 18.0 Å². The van der Waals surface area contributed by atoms with Gasteiger partial charge in [-0.2, -0.15) is 13.5 Å². The van der Waals surface area contributed by atoms with Gasteiger partial charge in [0.25, 0.3) is 10.1 Å². The fraction of sp³-hybridized carbons (Fsp3) is 0.733. The molecule has 1 fully saturated rings. The molecule has 0 unspecified atom stereocenters. The van der Waals surface area contributed by atoms with Gasteiger partial charge >= 0.3 is 6.09 Å². The number of carbonyl (C=O) groups excluding carboxylic acids is 1. The molecule has 1 amide bonds. The van der Waals surface area contributed by atoms with Gasteiger partial charge < -0.3 is 9.64 Å². The van der Waals surface area contributed by atoms with Crippen LogP contribution in [0.2, 0.25) is 0 Å². The van der Waals surface area contributed by atoms with Crippen LogP contribution >= 0.6 is 0 Å². The van der Waals surface area contributed by atoms with Crippen molar-refractivity contribution in [2.24, 2.45) is 0 Å². The number of rotatable bonds is 4. The molecule has 0 saturated carbocycles. The number of aromatic nitrogens is 2. The molecule has 0 aromatic carbocycles. The molecule has 136 valence electrons. The highest BCUT2D eigenvalue weighted by atomic mass is 32.2. The summed E-state index contributed by atoms with van der Waals surface area (Å²) in [6.07, 6.45) is 5.66. The lowest BCUT2D eigenvalue weighted by molar-refractivity contribution is 0.0184. The minimum absolute atomic E-state index is 0.0183. The van der Waals surface area contributed by atoms with E-state index in [0.717, 1.165) is 19.1 Å². The first kappa shape index (κ1) is 18.7. The van der Waals surface area contributed by atoms with Crippen molar-refractivity contribution < 1.29 is 22.1 Å². The van der Waals surface area contributed by atoms with Crippen LogP contribution in [-0.4, -0.2) is 54.1 Å². The van der Waals surface area contributed by atoms with Crippen LogP contribution in [0.4, 0.5) is 4.79 Å². The predicted molar refractivity (Wildman–Crippen MR) is 87.9 cm³/mol. The third kappa shape index (κ3) is 5.79. The standard InChI is InChI=1S/C15H25N3O5S/c1-15(2,3)23-14(19)17-7-5-13(6-8-17)18-10-12(9-16-18)11-22-24(4,20)21/h9-10,13H,5-8,11H2,1-4H3. The summed E-state index contributed by atoms with van der Waals surface area (Å²) >= 11 is 0. The van der Waals surface area contributed by atoms with E-state index in [-0.39, 0.29) is 18.7 Å². The number of nitrogens with zero attached hydrogens (tertiary/aromatic N) is 3. The van der Waals surface area contributed by atoms with E-state index >= 15 is 0 Å². The van der Waals surface area contributed by atoms with Gasteiger partial charge in [0.05, 0.1) is 25.1 Å². The summed E-state index contributed by atoms with van der Waals surface area (Å²) in [5.41, 5.74) is 0.208. The van der Waals surface area contributed by atoms with Crippen LogP contribution in [0.15, 0.2) is 12.4 Å². The van der Waals surface area contributed by atoms with Gasteiger partial charge in [0.1, 0.15) is 5.60 Å². The first-order valence-electron chi connectivity index (χ1n) is 7.89. The maximum Gasteiger partial charge on any atom is 0.410 e. The van der Waals surface area contributed by atoms with Crippen LogP contribution in [0.1, 0.15) is 45.2 Å². The summed E-state index contributed by atoms with van der Waals surface area (Å²) in [6, 6.07) is 0.177. The van der Waals surface area contributed by atoms with E-state index in [1.165, 1.54) is 0 Å². The third-order valence-corrected chi connectivity index (χ3v) is 4.13. The van der Waals surface area contributed by atoms with Crippen molar-refractivity contribution in [2.45, 2.75) is 51.9 Å². The minimum Gasteiger partial charge on any atom is -0.444 e. The normalized spacial score (nSPS) is 17.1. The fourth-order valence-electron chi connectivity index (χ4n) is 2.47. The second kappa shape index (κ2) is 7.10. The quantitative estimate of drug-likeness (QED) is 0.763. The molecule has 8 nitrogen and oxygen atoms in total. The molecule has 2 rings (SSSR count). The van der Waals surface area contributed by atoms with Crippen LogP contribution < -0.4 is 0 Å². The van der Waals surface area contributed by atoms with Gasteiger partial charge in [-0.25, -0.2) is 4.79 Å². The number of piperidine rings is 1. The average Bonchev–Trinajstić information content (AvgIpc) is 2.92. The highest BCUT2D eigenvalue weighted by Gasteiger charge is 2.27. The van der Waals surface area contributed by atoms with Crippen LogP contribution in [0, 0.1) is 0 Å². The lowest BCUT2D eigenvalue weighted by Crippen LogP contribution is -2.42. The summed E-state index contributed by atoms with van der Waals surface area (Å²) < 4.78 is 34.0. The van der Waals surface area contributed by atoms with Crippen LogP contribution in [0.3, 0.4) is 0 Å². The molecule has 1 aliphatic rings. The zero-order valence-corrected chi connectivity index (χ0v) is 15.4. The van der Waals surface area contributed by atoms with Gasteiger partial charge in [0, 0.05) is 24.8 Å². The Morgan fingerprint density at radius 3 is 2.50 bits per heavy atom. The highest BCUT2D eigenvalue weighted by molar-refractivity contribution is 7.85. The Bertz CT molecular complexity index is 670. The van der Waals surface area contributed by atoms with E-state index < -0.39 is 15.7 Å². The number of hydrogen-bond acceptors (Lipinski definition) is 6. The van der Waals surface area contributed by atoms with E-state index in [9.17, 15) is 13.2 Å². The lowest BCUT2D eigenvalue weighted by atomic mass is 10.1. The van der Waals surface area contributed by atoms with E-state index in [2.05, 4.69) is 5.10 Å². The number of ether oxygens (including phenoxy) is 1. The minimum atomic E-state index is -3.46. The first-order chi connectivity index (χ1) is 11.0. The number of amides is 1. The Morgan fingerprint density at radius 2 is 1.96 bits per heavy atom. The van der Waals surface area contributed by atoms with Gasteiger partial charge in [0.15, 0.2) is 0 Å². The largest absolute Gasteiger partial charge is 0.444 e. The molecule has 1 saturated heterocycles. The van der Waals surface area contributed by atoms with E-state index in [1.807, 2.05) is 25.5 Å². The molecule has 0 spiro atoms. The molecular formula is C15H25N3O5S. The van der Waals surface area contributed by atoms with Crippen LogP contribution in [-0.2, 0) is 25.6 Å². The van der Waals surface area contributed by atoms with Crippen molar-refractivity contribution >= 4 is 16.2 Å². The van der Waals surface area contributed by atoms with E-state index in [1.54, 1.807) is 17.3 Å². The molecule has 24 heavy (non-hydrogen) atoms. The average molecular weight is 359 g/mol. The topological polar surface area (TPSA) is 90.7 Å². The lowest BCUT2D eigenvalue weighted by Gasteiger charge is -2.33. The van der Waals surface area contributed by atoms with Crippen molar-refractivity contribution in [2.75, 3.05) is 19.3 Å². The summed E-state index contributed by atoms with van der Waals surface area (Å²) in [6.45, 7) is 6.74. The molecule has 1 aliphatic heterocycles.